The molecule has 0 saturated carbocycles. The van der Waals surface area contributed by atoms with E-state index in [9.17, 15) is 4.79 Å². The molecule has 6 nitrogen and oxygen atoms in total. The molecule has 0 fully saturated rings. The molecule has 28 heavy (non-hydrogen) atoms. The van der Waals surface area contributed by atoms with Gasteiger partial charge >= 0.3 is 0 Å². The third kappa shape index (κ3) is 4.47. The molecule has 0 radical (unpaired) electrons. The molecule has 0 aliphatic carbocycles. The summed E-state index contributed by atoms with van der Waals surface area (Å²) in [6, 6.07) is 17.9. The van der Waals surface area contributed by atoms with Gasteiger partial charge in [0.15, 0.2) is 11.0 Å². The fourth-order valence-corrected chi connectivity index (χ4v) is 3.84. The fourth-order valence-electron chi connectivity index (χ4n) is 2.51. The largest absolute Gasteiger partial charge is 0.301 e. The molecule has 1 amide bonds. The van der Waals surface area contributed by atoms with E-state index in [2.05, 4.69) is 25.5 Å². The molecule has 0 unspecified atom stereocenters. The molecule has 2 aromatic carbocycles. The van der Waals surface area contributed by atoms with E-state index in [0.29, 0.717) is 16.1 Å². The van der Waals surface area contributed by atoms with E-state index in [4.69, 9.17) is 0 Å². The summed E-state index contributed by atoms with van der Waals surface area (Å²) in [4.78, 5) is 21.1. The molecule has 0 saturated heterocycles. The lowest BCUT2D eigenvalue weighted by atomic mass is 10.1. The van der Waals surface area contributed by atoms with Crippen LogP contribution in [0.4, 0.5) is 5.13 Å². The molecule has 0 aliphatic rings. The monoisotopic (exact) mass is 407 g/mol. The second kappa shape index (κ2) is 8.37. The minimum absolute atomic E-state index is 0.138. The molecule has 2 N–H and O–H groups in total. The number of amides is 1. The van der Waals surface area contributed by atoms with E-state index in [1.165, 1.54) is 28.7 Å². The molecule has 2 heterocycles. The number of carbonyl (C=O) groups is 1. The molecule has 8 heteroatoms. The zero-order valence-corrected chi connectivity index (χ0v) is 16.7. The molecular formula is C20H17N5OS2. The summed E-state index contributed by atoms with van der Waals surface area (Å²) in [6.07, 6.45) is 0. The summed E-state index contributed by atoms with van der Waals surface area (Å²) in [6.45, 7) is 2.05. The number of thiazole rings is 1. The maximum atomic E-state index is 12.2. The number of nitrogens with one attached hydrogen (secondary N) is 2. The van der Waals surface area contributed by atoms with Crippen LogP contribution in [0.15, 0.2) is 65.1 Å². The van der Waals surface area contributed by atoms with Gasteiger partial charge in [0.25, 0.3) is 0 Å². The number of hydrogen-bond acceptors (Lipinski definition) is 6. The van der Waals surface area contributed by atoms with Crippen LogP contribution in [0.3, 0.4) is 0 Å². The van der Waals surface area contributed by atoms with Gasteiger partial charge in [-0.05, 0) is 6.92 Å². The first-order chi connectivity index (χ1) is 13.7. The highest BCUT2D eigenvalue weighted by atomic mass is 32.2. The molecule has 0 spiro atoms. The van der Waals surface area contributed by atoms with E-state index < -0.39 is 0 Å². The Morgan fingerprint density at radius 3 is 2.64 bits per heavy atom. The van der Waals surface area contributed by atoms with Crippen molar-refractivity contribution in [2.24, 2.45) is 0 Å². The first kappa shape index (κ1) is 18.4. The molecule has 2 aromatic heterocycles. The third-order valence-electron chi connectivity index (χ3n) is 3.94. The number of aromatic nitrogens is 4. The minimum Gasteiger partial charge on any atom is -0.301 e. The topological polar surface area (TPSA) is 83.6 Å². The lowest BCUT2D eigenvalue weighted by Crippen LogP contribution is -2.13. The second-order valence-electron chi connectivity index (χ2n) is 6.07. The van der Waals surface area contributed by atoms with Crippen molar-refractivity contribution in [3.05, 3.63) is 65.5 Å². The van der Waals surface area contributed by atoms with Gasteiger partial charge in [-0.25, -0.2) is 9.97 Å². The summed E-state index contributed by atoms with van der Waals surface area (Å²) in [7, 11) is 0. The van der Waals surface area contributed by atoms with Crippen molar-refractivity contribution in [1.82, 2.24) is 20.2 Å². The van der Waals surface area contributed by atoms with Gasteiger partial charge in [-0.3, -0.25) is 9.89 Å². The minimum atomic E-state index is -0.138. The number of thioether (sulfide) groups is 1. The standard InChI is InChI=1S/C20H17N5OS2/c1-13-7-9-14(10-8-13)16-11-27-19(21-16)22-17(26)12-28-20-23-18(24-25-20)15-5-3-2-4-6-15/h2-11H,12H2,1H3,(H,21,22,26)(H,23,24,25). The molecule has 0 atom stereocenters. The Bertz CT molecular complexity index is 1070. The summed E-state index contributed by atoms with van der Waals surface area (Å²) < 4.78 is 0. The summed E-state index contributed by atoms with van der Waals surface area (Å²) in [5.41, 5.74) is 4.05. The third-order valence-corrected chi connectivity index (χ3v) is 5.55. The van der Waals surface area contributed by atoms with Crippen LogP contribution in [-0.4, -0.2) is 31.8 Å². The normalized spacial score (nSPS) is 10.8. The Balaban J connectivity index is 1.33. The number of carbonyl (C=O) groups excluding carboxylic acids is 1. The number of H-pyrrole nitrogens is 1. The molecular weight excluding hydrogens is 390 g/mol. The zero-order chi connectivity index (χ0) is 19.3. The van der Waals surface area contributed by atoms with E-state index >= 15 is 0 Å². The van der Waals surface area contributed by atoms with Gasteiger partial charge in [0.1, 0.15) is 0 Å². The van der Waals surface area contributed by atoms with Crippen molar-refractivity contribution in [1.29, 1.82) is 0 Å². The summed E-state index contributed by atoms with van der Waals surface area (Å²) in [5.74, 6) is 0.762. The van der Waals surface area contributed by atoms with Gasteiger partial charge < -0.3 is 5.32 Å². The molecule has 4 rings (SSSR count). The average Bonchev–Trinajstić information content (AvgIpc) is 3.37. The Hall–Kier alpha value is -2.97. The fraction of sp³-hybridized carbons (Fsp3) is 0.100. The van der Waals surface area contributed by atoms with Gasteiger partial charge in [-0.15, -0.1) is 16.4 Å². The van der Waals surface area contributed by atoms with Gasteiger partial charge in [0, 0.05) is 16.5 Å². The van der Waals surface area contributed by atoms with Gasteiger partial charge in [0.05, 0.1) is 11.4 Å². The lowest BCUT2D eigenvalue weighted by Gasteiger charge is -2.00. The zero-order valence-electron chi connectivity index (χ0n) is 15.0. The van der Waals surface area contributed by atoms with E-state index in [1.54, 1.807) is 0 Å². The van der Waals surface area contributed by atoms with Crippen molar-refractivity contribution < 1.29 is 4.79 Å². The van der Waals surface area contributed by atoms with E-state index in [0.717, 1.165) is 16.8 Å². The number of aromatic amines is 1. The maximum absolute atomic E-state index is 12.2. The average molecular weight is 408 g/mol. The van der Waals surface area contributed by atoms with Crippen LogP contribution in [0.5, 0.6) is 0 Å². The van der Waals surface area contributed by atoms with Gasteiger partial charge in [0.2, 0.25) is 11.1 Å². The number of benzene rings is 2. The van der Waals surface area contributed by atoms with Crippen LogP contribution >= 0.6 is 23.1 Å². The smallest absolute Gasteiger partial charge is 0.236 e. The van der Waals surface area contributed by atoms with Crippen molar-refractivity contribution in [2.75, 3.05) is 11.1 Å². The Morgan fingerprint density at radius 2 is 1.86 bits per heavy atom. The summed E-state index contributed by atoms with van der Waals surface area (Å²) >= 11 is 2.69. The van der Waals surface area contributed by atoms with E-state index in [1.807, 2.05) is 66.9 Å². The van der Waals surface area contributed by atoms with Crippen LogP contribution in [-0.2, 0) is 4.79 Å². The Kier molecular flexibility index (Phi) is 5.50. The van der Waals surface area contributed by atoms with Crippen LogP contribution in [0.1, 0.15) is 5.56 Å². The van der Waals surface area contributed by atoms with Crippen LogP contribution in [0, 0.1) is 6.92 Å². The predicted molar refractivity (Wildman–Crippen MR) is 113 cm³/mol. The quantitative estimate of drug-likeness (QED) is 0.455. The molecule has 4 aromatic rings. The van der Waals surface area contributed by atoms with Crippen LogP contribution in [0.25, 0.3) is 22.6 Å². The predicted octanol–water partition coefficient (Wildman–Crippen LogP) is 4.63. The van der Waals surface area contributed by atoms with Crippen molar-refractivity contribution in [3.63, 3.8) is 0 Å². The Morgan fingerprint density at radius 1 is 1.07 bits per heavy atom. The summed E-state index contributed by atoms with van der Waals surface area (Å²) in [5, 5.41) is 12.9. The lowest BCUT2D eigenvalue weighted by molar-refractivity contribution is -0.113. The number of aryl methyl sites for hydroxylation is 1. The number of nitrogens with zero attached hydrogens (tertiary/aromatic N) is 3. The number of anilines is 1. The highest BCUT2D eigenvalue weighted by Gasteiger charge is 2.11. The van der Waals surface area contributed by atoms with Crippen LogP contribution in [0.2, 0.25) is 0 Å². The molecule has 140 valence electrons. The second-order valence-corrected chi connectivity index (χ2v) is 7.87. The highest BCUT2D eigenvalue weighted by molar-refractivity contribution is 7.99. The first-order valence-electron chi connectivity index (χ1n) is 8.60. The van der Waals surface area contributed by atoms with Crippen molar-refractivity contribution in [3.8, 4) is 22.6 Å². The maximum Gasteiger partial charge on any atom is 0.236 e. The van der Waals surface area contributed by atoms with Crippen molar-refractivity contribution in [2.45, 2.75) is 12.1 Å². The molecule has 0 aliphatic heterocycles. The van der Waals surface area contributed by atoms with Crippen LogP contribution < -0.4 is 5.32 Å². The number of rotatable bonds is 6. The van der Waals surface area contributed by atoms with Gasteiger partial charge in [-0.2, -0.15) is 0 Å². The van der Waals surface area contributed by atoms with Gasteiger partial charge in [-0.1, -0.05) is 71.9 Å². The number of hydrogen-bond donors (Lipinski definition) is 2. The first-order valence-corrected chi connectivity index (χ1v) is 10.5. The SMILES string of the molecule is Cc1ccc(-c2csc(NC(=O)CSc3n[nH]c(-c4ccccc4)n3)n2)cc1. The Labute approximate surface area is 170 Å². The highest BCUT2D eigenvalue weighted by Crippen LogP contribution is 2.25. The van der Waals surface area contributed by atoms with E-state index in [-0.39, 0.29) is 11.7 Å². The molecule has 0 bridgehead atoms. The van der Waals surface area contributed by atoms with Crippen molar-refractivity contribution >= 4 is 34.1 Å².